The van der Waals surface area contributed by atoms with Crippen molar-refractivity contribution in [2.45, 2.75) is 56.7 Å². The predicted octanol–water partition coefficient (Wildman–Crippen LogP) is 6.96. The van der Waals surface area contributed by atoms with Gasteiger partial charge in [-0.15, -0.1) is 16.8 Å². The number of hydrogen-bond donors (Lipinski definition) is 0. The van der Waals surface area contributed by atoms with Crippen molar-refractivity contribution < 1.29 is 4.74 Å². The van der Waals surface area contributed by atoms with Crippen molar-refractivity contribution in [2.75, 3.05) is 0 Å². The number of ether oxygens (including phenoxy) is 1. The summed E-state index contributed by atoms with van der Waals surface area (Å²) in [6.45, 7) is 13.2. The summed E-state index contributed by atoms with van der Waals surface area (Å²) in [5, 5.41) is 9.71. The second kappa shape index (κ2) is 9.84. The first-order valence-corrected chi connectivity index (χ1v) is 11.7. The third kappa shape index (κ3) is 5.76. The molecule has 0 fully saturated rings. The second-order valence-corrected chi connectivity index (χ2v) is 10.0. The standard InChI is InChI=1S/C24H28BrN3OS/c1-6-15-28-22(17(2)29-21-13-9-19(10-14-21)24(3,4)5)26-27-23(28)30-16-18-7-11-20(25)12-8-18/h6-14,17H,1,15-16H2,2-5H3. The molecular formula is C24H28BrN3OS. The highest BCUT2D eigenvalue weighted by Crippen LogP contribution is 2.29. The van der Waals surface area contributed by atoms with Crippen LogP contribution in [-0.2, 0) is 17.7 Å². The zero-order valence-electron chi connectivity index (χ0n) is 17.9. The summed E-state index contributed by atoms with van der Waals surface area (Å²) in [5.74, 6) is 2.45. The number of rotatable bonds is 8. The fourth-order valence-corrected chi connectivity index (χ4v) is 4.20. The summed E-state index contributed by atoms with van der Waals surface area (Å²) in [6.07, 6.45) is 1.64. The van der Waals surface area contributed by atoms with E-state index in [0.717, 1.165) is 27.0 Å². The normalized spacial score (nSPS) is 12.6. The summed E-state index contributed by atoms with van der Waals surface area (Å²) in [5.41, 5.74) is 2.64. The molecule has 1 atom stereocenters. The molecule has 3 rings (SSSR count). The Kier molecular flexibility index (Phi) is 7.42. The molecule has 0 aliphatic carbocycles. The summed E-state index contributed by atoms with van der Waals surface area (Å²) in [4.78, 5) is 0. The molecule has 0 aliphatic heterocycles. The molecule has 1 aromatic heterocycles. The van der Waals surface area contributed by atoms with E-state index < -0.39 is 0 Å². The van der Waals surface area contributed by atoms with Crippen molar-refractivity contribution in [3.63, 3.8) is 0 Å². The summed E-state index contributed by atoms with van der Waals surface area (Å²) < 4.78 is 9.32. The van der Waals surface area contributed by atoms with E-state index in [1.54, 1.807) is 11.8 Å². The maximum Gasteiger partial charge on any atom is 0.191 e. The van der Waals surface area contributed by atoms with Gasteiger partial charge in [0.2, 0.25) is 0 Å². The quantitative estimate of drug-likeness (QED) is 0.255. The zero-order valence-corrected chi connectivity index (χ0v) is 20.3. The second-order valence-electron chi connectivity index (χ2n) is 8.19. The molecule has 2 aromatic carbocycles. The first-order chi connectivity index (χ1) is 14.3. The summed E-state index contributed by atoms with van der Waals surface area (Å²) in [7, 11) is 0. The van der Waals surface area contributed by atoms with Gasteiger partial charge in [0.05, 0.1) is 0 Å². The fraction of sp³-hybridized carbons (Fsp3) is 0.333. The number of halogens is 1. The number of allylic oxidation sites excluding steroid dienone is 1. The van der Waals surface area contributed by atoms with E-state index in [2.05, 4.69) is 94.4 Å². The van der Waals surface area contributed by atoms with Gasteiger partial charge in [-0.05, 0) is 47.7 Å². The van der Waals surface area contributed by atoms with E-state index in [1.165, 1.54) is 11.1 Å². The lowest BCUT2D eigenvalue weighted by molar-refractivity contribution is 0.210. The average molecular weight is 486 g/mol. The number of nitrogens with zero attached hydrogens (tertiary/aromatic N) is 3. The number of benzene rings is 2. The molecule has 3 aromatic rings. The smallest absolute Gasteiger partial charge is 0.191 e. The summed E-state index contributed by atoms with van der Waals surface area (Å²) >= 11 is 5.14. The van der Waals surface area contributed by atoms with Crippen LogP contribution in [0.3, 0.4) is 0 Å². The Balaban J connectivity index is 1.72. The van der Waals surface area contributed by atoms with Crippen LogP contribution < -0.4 is 4.74 Å². The van der Waals surface area contributed by atoms with Gasteiger partial charge in [0.25, 0.3) is 0 Å². The fourth-order valence-electron chi connectivity index (χ4n) is 3.03. The Morgan fingerprint density at radius 2 is 1.77 bits per heavy atom. The van der Waals surface area contributed by atoms with Gasteiger partial charge >= 0.3 is 0 Å². The largest absolute Gasteiger partial charge is 0.483 e. The molecule has 0 saturated heterocycles. The van der Waals surface area contributed by atoms with Gasteiger partial charge in [-0.1, -0.05) is 78.8 Å². The van der Waals surface area contributed by atoms with E-state index in [1.807, 2.05) is 25.1 Å². The van der Waals surface area contributed by atoms with Gasteiger partial charge in [0, 0.05) is 16.8 Å². The average Bonchev–Trinajstić information content (AvgIpc) is 3.10. The predicted molar refractivity (Wildman–Crippen MR) is 128 cm³/mol. The van der Waals surface area contributed by atoms with Crippen molar-refractivity contribution in [3.05, 3.63) is 82.6 Å². The lowest BCUT2D eigenvalue weighted by atomic mass is 9.87. The third-order valence-electron chi connectivity index (χ3n) is 4.74. The van der Waals surface area contributed by atoms with Crippen molar-refractivity contribution in [1.29, 1.82) is 0 Å². The Hall–Kier alpha value is -2.05. The maximum absolute atomic E-state index is 6.17. The van der Waals surface area contributed by atoms with Gasteiger partial charge < -0.3 is 4.74 Å². The Morgan fingerprint density at radius 3 is 2.37 bits per heavy atom. The first-order valence-electron chi connectivity index (χ1n) is 9.96. The molecule has 1 unspecified atom stereocenters. The van der Waals surface area contributed by atoms with Crippen LogP contribution in [0.4, 0.5) is 0 Å². The van der Waals surface area contributed by atoms with E-state index in [-0.39, 0.29) is 11.5 Å². The van der Waals surface area contributed by atoms with E-state index in [4.69, 9.17) is 4.74 Å². The van der Waals surface area contributed by atoms with Crippen LogP contribution in [-0.4, -0.2) is 14.8 Å². The van der Waals surface area contributed by atoms with Crippen LogP contribution in [0.15, 0.2) is 70.8 Å². The Bertz CT molecular complexity index is 975. The molecule has 0 saturated carbocycles. The molecule has 0 radical (unpaired) electrons. The minimum Gasteiger partial charge on any atom is -0.483 e. The van der Waals surface area contributed by atoms with Gasteiger partial charge in [-0.2, -0.15) is 0 Å². The maximum atomic E-state index is 6.17. The lowest BCUT2D eigenvalue weighted by Crippen LogP contribution is -2.13. The molecule has 0 bridgehead atoms. The van der Waals surface area contributed by atoms with Crippen molar-refractivity contribution in [1.82, 2.24) is 14.8 Å². The topological polar surface area (TPSA) is 39.9 Å². The van der Waals surface area contributed by atoms with Crippen molar-refractivity contribution in [3.8, 4) is 5.75 Å². The summed E-state index contributed by atoms with van der Waals surface area (Å²) in [6, 6.07) is 16.6. The minimum atomic E-state index is -0.222. The van der Waals surface area contributed by atoms with E-state index >= 15 is 0 Å². The van der Waals surface area contributed by atoms with Gasteiger partial charge in [-0.3, -0.25) is 4.57 Å². The van der Waals surface area contributed by atoms with E-state index in [0.29, 0.717) is 6.54 Å². The van der Waals surface area contributed by atoms with Crippen LogP contribution in [0.1, 0.15) is 50.8 Å². The Labute approximate surface area is 191 Å². The van der Waals surface area contributed by atoms with Crippen LogP contribution in [0.5, 0.6) is 5.75 Å². The number of thioether (sulfide) groups is 1. The highest BCUT2D eigenvalue weighted by molar-refractivity contribution is 9.10. The molecule has 6 heteroatoms. The molecule has 1 heterocycles. The first kappa shape index (κ1) is 22.6. The molecule has 158 valence electrons. The highest BCUT2D eigenvalue weighted by atomic mass is 79.9. The van der Waals surface area contributed by atoms with Gasteiger partial charge in [0.1, 0.15) is 5.75 Å². The zero-order chi connectivity index (χ0) is 21.7. The Morgan fingerprint density at radius 1 is 1.10 bits per heavy atom. The lowest BCUT2D eigenvalue weighted by Gasteiger charge is -2.20. The SMILES string of the molecule is C=CCn1c(SCc2ccc(Br)cc2)nnc1C(C)Oc1ccc(C(C)(C)C)cc1. The van der Waals surface area contributed by atoms with Gasteiger partial charge in [0.15, 0.2) is 17.1 Å². The van der Waals surface area contributed by atoms with Crippen molar-refractivity contribution >= 4 is 27.7 Å². The molecule has 0 amide bonds. The number of aromatic nitrogens is 3. The molecule has 4 nitrogen and oxygen atoms in total. The number of hydrogen-bond acceptors (Lipinski definition) is 4. The molecule has 0 aliphatic rings. The van der Waals surface area contributed by atoms with Crippen LogP contribution in [0, 0.1) is 0 Å². The van der Waals surface area contributed by atoms with Gasteiger partial charge in [-0.25, -0.2) is 0 Å². The molecular weight excluding hydrogens is 458 g/mol. The highest BCUT2D eigenvalue weighted by Gasteiger charge is 2.20. The van der Waals surface area contributed by atoms with Crippen molar-refractivity contribution in [2.24, 2.45) is 0 Å². The van der Waals surface area contributed by atoms with E-state index in [9.17, 15) is 0 Å². The molecule has 30 heavy (non-hydrogen) atoms. The minimum absolute atomic E-state index is 0.120. The van der Waals surface area contributed by atoms with Crippen LogP contribution in [0.25, 0.3) is 0 Å². The third-order valence-corrected chi connectivity index (χ3v) is 6.30. The van der Waals surface area contributed by atoms with Crippen LogP contribution >= 0.6 is 27.7 Å². The monoisotopic (exact) mass is 485 g/mol. The molecule has 0 spiro atoms. The molecule has 0 N–H and O–H groups in total. The van der Waals surface area contributed by atoms with Crippen LogP contribution in [0.2, 0.25) is 0 Å².